The van der Waals surface area contributed by atoms with Crippen molar-refractivity contribution in [3.8, 4) is 0 Å². The zero-order chi connectivity index (χ0) is 15.0. The van der Waals surface area contributed by atoms with E-state index in [4.69, 9.17) is 10.8 Å². The van der Waals surface area contributed by atoms with Gasteiger partial charge in [0.25, 0.3) is 0 Å². The smallest absolute Gasteiger partial charge is 0.323 e. The Hall–Kier alpha value is -1.46. The molecule has 20 heavy (non-hydrogen) atoms. The number of nitrogens with two attached hydrogens (primary N) is 1. The van der Waals surface area contributed by atoms with E-state index in [1.165, 1.54) is 0 Å². The number of pyridine rings is 1. The van der Waals surface area contributed by atoms with Crippen molar-refractivity contribution in [2.24, 2.45) is 5.73 Å². The summed E-state index contributed by atoms with van der Waals surface area (Å²) in [7, 11) is 2.04. The molecule has 5 nitrogen and oxygen atoms in total. The van der Waals surface area contributed by atoms with Crippen molar-refractivity contribution in [1.82, 2.24) is 9.88 Å². The van der Waals surface area contributed by atoms with Crippen LogP contribution in [0.2, 0.25) is 0 Å². The fourth-order valence-corrected chi connectivity index (χ4v) is 2.06. The fraction of sp³-hybridized carbons (Fsp3) is 0.600. The van der Waals surface area contributed by atoms with Crippen molar-refractivity contribution < 1.29 is 9.90 Å². The van der Waals surface area contributed by atoms with E-state index in [9.17, 15) is 4.79 Å². The number of carbonyl (C=O) groups is 1. The van der Waals surface area contributed by atoms with Crippen molar-refractivity contribution in [3.63, 3.8) is 0 Å². The molecule has 1 atom stereocenters. The third kappa shape index (κ3) is 5.27. The van der Waals surface area contributed by atoms with Crippen LogP contribution in [0.5, 0.6) is 0 Å². The summed E-state index contributed by atoms with van der Waals surface area (Å²) < 4.78 is 0. The third-order valence-corrected chi connectivity index (χ3v) is 3.70. The van der Waals surface area contributed by atoms with Gasteiger partial charge in [-0.05, 0) is 45.0 Å². The Morgan fingerprint density at radius 2 is 2.20 bits per heavy atom. The number of aromatic nitrogens is 1. The number of likely N-dealkylation sites (N-methyl/N-ethyl adjacent to an activating group) is 1. The number of hydrogen-bond donors (Lipinski definition) is 2. The quantitative estimate of drug-likeness (QED) is 0.716. The molecule has 0 aliphatic carbocycles. The highest BCUT2D eigenvalue weighted by atomic mass is 16.4. The van der Waals surface area contributed by atoms with Crippen molar-refractivity contribution in [1.29, 1.82) is 0 Å². The van der Waals surface area contributed by atoms with Gasteiger partial charge in [0.1, 0.15) is 5.54 Å². The second-order valence-corrected chi connectivity index (χ2v) is 5.29. The standard InChI is InChI=1S/C15H25N3O2/c1-3-15(16,14(19)20)9-6-11-18(2)12-8-13-7-4-5-10-17-13/h4-5,7,10H,3,6,8-9,11-12,16H2,1-2H3,(H,19,20). The number of carboxylic acids is 1. The molecule has 1 rings (SSSR count). The molecule has 0 amide bonds. The number of nitrogens with zero attached hydrogens (tertiary/aromatic N) is 2. The predicted molar refractivity (Wildman–Crippen MR) is 79.5 cm³/mol. The van der Waals surface area contributed by atoms with Crippen LogP contribution in [0, 0.1) is 0 Å². The number of hydrogen-bond acceptors (Lipinski definition) is 4. The second-order valence-electron chi connectivity index (χ2n) is 5.29. The minimum atomic E-state index is -1.08. The van der Waals surface area contributed by atoms with E-state index in [0.29, 0.717) is 12.8 Å². The molecule has 0 spiro atoms. The largest absolute Gasteiger partial charge is 0.480 e. The van der Waals surface area contributed by atoms with Crippen molar-refractivity contribution in [2.75, 3.05) is 20.1 Å². The molecule has 1 heterocycles. The van der Waals surface area contributed by atoms with Gasteiger partial charge >= 0.3 is 5.97 Å². The molecule has 0 aliphatic heterocycles. The van der Waals surface area contributed by atoms with Gasteiger partial charge in [-0.15, -0.1) is 0 Å². The third-order valence-electron chi connectivity index (χ3n) is 3.70. The minimum Gasteiger partial charge on any atom is -0.480 e. The Bertz CT molecular complexity index is 411. The van der Waals surface area contributed by atoms with E-state index in [1.807, 2.05) is 32.2 Å². The molecule has 0 aromatic carbocycles. The summed E-state index contributed by atoms with van der Waals surface area (Å²) in [6.45, 7) is 3.58. The molecule has 0 fully saturated rings. The van der Waals surface area contributed by atoms with Crippen LogP contribution in [-0.2, 0) is 11.2 Å². The SMILES string of the molecule is CCC(N)(CCCN(C)CCc1ccccn1)C(=O)O. The van der Waals surface area contributed by atoms with E-state index >= 15 is 0 Å². The van der Waals surface area contributed by atoms with Gasteiger partial charge in [-0.25, -0.2) is 0 Å². The maximum atomic E-state index is 11.1. The van der Waals surface area contributed by atoms with Gasteiger partial charge < -0.3 is 15.7 Å². The molecule has 1 aromatic rings. The lowest BCUT2D eigenvalue weighted by Crippen LogP contribution is -2.47. The molecule has 0 saturated heterocycles. The lowest BCUT2D eigenvalue weighted by atomic mass is 9.92. The van der Waals surface area contributed by atoms with Gasteiger partial charge in [0.05, 0.1) is 0 Å². The second kappa shape index (κ2) is 7.97. The fourth-order valence-electron chi connectivity index (χ4n) is 2.06. The van der Waals surface area contributed by atoms with Crippen LogP contribution in [-0.4, -0.2) is 46.6 Å². The van der Waals surface area contributed by atoms with E-state index < -0.39 is 11.5 Å². The summed E-state index contributed by atoms with van der Waals surface area (Å²) in [6, 6.07) is 5.91. The van der Waals surface area contributed by atoms with Crippen molar-refractivity contribution in [3.05, 3.63) is 30.1 Å². The van der Waals surface area contributed by atoms with E-state index in [1.54, 1.807) is 6.20 Å². The highest BCUT2D eigenvalue weighted by Crippen LogP contribution is 2.14. The Labute approximate surface area is 120 Å². The van der Waals surface area contributed by atoms with Gasteiger partial charge in [0, 0.05) is 24.9 Å². The molecule has 112 valence electrons. The first-order valence-electron chi connectivity index (χ1n) is 7.08. The molecular formula is C15H25N3O2. The highest BCUT2D eigenvalue weighted by Gasteiger charge is 2.30. The van der Waals surface area contributed by atoms with Gasteiger partial charge in [-0.3, -0.25) is 9.78 Å². The molecular weight excluding hydrogens is 254 g/mol. The van der Waals surface area contributed by atoms with Crippen LogP contribution in [0.4, 0.5) is 0 Å². The predicted octanol–water partition coefficient (Wildman–Crippen LogP) is 1.53. The Morgan fingerprint density at radius 3 is 2.75 bits per heavy atom. The zero-order valence-electron chi connectivity index (χ0n) is 12.4. The average molecular weight is 279 g/mol. The number of rotatable bonds is 9. The van der Waals surface area contributed by atoms with Gasteiger partial charge in [-0.2, -0.15) is 0 Å². The first kappa shape index (κ1) is 16.6. The van der Waals surface area contributed by atoms with Crippen LogP contribution in [0.25, 0.3) is 0 Å². The molecule has 0 saturated carbocycles. The minimum absolute atomic E-state index is 0.458. The molecule has 1 unspecified atom stereocenters. The zero-order valence-corrected chi connectivity index (χ0v) is 12.4. The first-order valence-corrected chi connectivity index (χ1v) is 7.08. The van der Waals surface area contributed by atoms with Crippen LogP contribution in [0.15, 0.2) is 24.4 Å². The Kier molecular flexibility index (Phi) is 6.61. The summed E-state index contributed by atoms with van der Waals surface area (Å²) in [5.41, 5.74) is 5.86. The normalized spacial score (nSPS) is 14.2. The van der Waals surface area contributed by atoms with Crippen molar-refractivity contribution in [2.45, 2.75) is 38.1 Å². The number of aliphatic carboxylic acids is 1. The van der Waals surface area contributed by atoms with E-state index in [-0.39, 0.29) is 0 Å². The Morgan fingerprint density at radius 1 is 1.45 bits per heavy atom. The molecule has 1 aromatic heterocycles. The molecule has 0 radical (unpaired) electrons. The van der Waals surface area contributed by atoms with E-state index in [0.717, 1.165) is 31.6 Å². The lowest BCUT2D eigenvalue weighted by molar-refractivity contribution is -0.143. The number of carboxylic acid groups (broad SMARTS) is 1. The summed E-state index contributed by atoms with van der Waals surface area (Å²) in [5.74, 6) is -0.906. The van der Waals surface area contributed by atoms with Crippen LogP contribution < -0.4 is 5.73 Å². The van der Waals surface area contributed by atoms with E-state index in [2.05, 4.69) is 9.88 Å². The summed E-state index contributed by atoms with van der Waals surface area (Å²) in [6.07, 6.45) is 4.45. The van der Waals surface area contributed by atoms with Crippen LogP contribution in [0.1, 0.15) is 31.9 Å². The first-order chi connectivity index (χ1) is 9.48. The monoisotopic (exact) mass is 279 g/mol. The summed E-state index contributed by atoms with van der Waals surface area (Å²) in [5, 5.41) is 9.10. The maximum Gasteiger partial charge on any atom is 0.323 e. The van der Waals surface area contributed by atoms with Gasteiger partial charge in [0.2, 0.25) is 0 Å². The molecule has 3 N–H and O–H groups in total. The summed E-state index contributed by atoms with van der Waals surface area (Å²) in [4.78, 5) is 17.6. The van der Waals surface area contributed by atoms with Crippen molar-refractivity contribution >= 4 is 5.97 Å². The average Bonchev–Trinajstić information content (AvgIpc) is 2.45. The van der Waals surface area contributed by atoms with Gasteiger partial charge in [-0.1, -0.05) is 13.0 Å². The molecule has 5 heteroatoms. The summed E-state index contributed by atoms with van der Waals surface area (Å²) >= 11 is 0. The highest BCUT2D eigenvalue weighted by molar-refractivity contribution is 5.78. The maximum absolute atomic E-state index is 11.1. The molecule has 0 aliphatic rings. The van der Waals surface area contributed by atoms with Crippen LogP contribution >= 0.6 is 0 Å². The van der Waals surface area contributed by atoms with Gasteiger partial charge in [0.15, 0.2) is 0 Å². The van der Waals surface area contributed by atoms with Crippen LogP contribution in [0.3, 0.4) is 0 Å². The lowest BCUT2D eigenvalue weighted by Gasteiger charge is -2.24. The molecule has 0 bridgehead atoms. The topological polar surface area (TPSA) is 79.5 Å². The Balaban J connectivity index is 2.26.